The third-order valence-corrected chi connectivity index (χ3v) is 3.88. The van der Waals surface area contributed by atoms with Gasteiger partial charge in [0.15, 0.2) is 0 Å². The van der Waals surface area contributed by atoms with Crippen molar-refractivity contribution in [1.82, 2.24) is 5.32 Å². The fraction of sp³-hybridized carbons (Fsp3) is 0.294. The number of hydrogen-bond acceptors (Lipinski definition) is 3. The topological polar surface area (TPSA) is 30.5 Å². The van der Waals surface area contributed by atoms with E-state index in [1.807, 2.05) is 31.3 Å². The lowest BCUT2D eigenvalue weighted by atomic mass is 10.1. The van der Waals surface area contributed by atoms with Crippen molar-refractivity contribution >= 4 is 15.9 Å². The van der Waals surface area contributed by atoms with E-state index in [2.05, 4.69) is 39.4 Å². The summed E-state index contributed by atoms with van der Waals surface area (Å²) in [6.07, 6.45) is 0.918. The lowest BCUT2D eigenvalue weighted by Gasteiger charge is -2.09. The molecule has 0 spiro atoms. The van der Waals surface area contributed by atoms with E-state index >= 15 is 0 Å². The number of hydrogen-bond donors (Lipinski definition) is 1. The monoisotopic (exact) mass is 349 g/mol. The molecule has 0 unspecified atom stereocenters. The lowest BCUT2D eigenvalue weighted by Crippen LogP contribution is -2.05. The normalized spacial score (nSPS) is 10.6. The van der Waals surface area contributed by atoms with Gasteiger partial charge >= 0.3 is 0 Å². The van der Waals surface area contributed by atoms with Gasteiger partial charge in [-0.3, -0.25) is 0 Å². The van der Waals surface area contributed by atoms with Gasteiger partial charge in [-0.1, -0.05) is 34.1 Å². The first-order chi connectivity index (χ1) is 10.2. The van der Waals surface area contributed by atoms with Crippen molar-refractivity contribution in [2.75, 3.05) is 20.8 Å². The average molecular weight is 350 g/mol. The number of benzene rings is 2. The molecule has 0 aliphatic rings. The summed E-state index contributed by atoms with van der Waals surface area (Å²) in [5.74, 6) is 1.66. The van der Waals surface area contributed by atoms with Gasteiger partial charge in [0, 0.05) is 18.1 Å². The first kappa shape index (κ1) is 16.0. The Kier molecular flexibility index (Phi) is 6.23. The molecule has 2 rings (SSSR count). The molecule has 0 bridgehead atoms. The molecule has 0 saturated carbocycles. The van der Waals surface area contributed by atoms with Crippen molar-refractivity contribution in [3.63, 3.8) is 0 Å². The van der Waals surface area contributed by atoms with Crippen LogP contribution in [-0.2, 0) is 17.7 Å². The van der Waals surface area contributed by atoms with Gasteiger partial charge in [-0.2, -0.15) is 0 Å². The Morgan fingerprint density at radius 2 is 1.76 bits per heavy atom. The fourth-order valence-corrected chi connectivity index (χ4v) is 2.50. The molecule has 4 heteroatoms. The van der Waals surface area contributed by atoms with Crippen molar-refractivity contribution in [3.05, 3.63) is 58.1 Å². The second-order valence-electron chi connectivity index (χ2n) is 4.77. The van der Waals surface area contributed by atoms with Crippen LogP contribution in [0.25, 0.3) is 0 Å². The highest BCUT2D eigenvalue weighted by Gasteiger charge is 2.03. The Morgan fingerprint density at radius 1 is 1.05 bits per heavy atom. The summed E-state index contributed by atoms with van der Waals surface area (Å²) in [4.78, 5) is 0. The Hall–Kier alpha value is -1.36. The highest BCUT2D eigenvalue weighted by atomic mass is 79.9. The molecule has 21 heavy (non-hydrogen) atoms. The highest BCUT2D eigenvalue weighted by molar-refractivity contribution is 9.10. The minimum absolute atomic E-state index is 0.736. The second-order valence-corrected chi connectivity index (χ2v) is 5.63. The van der Waals surface area contributed by atoms with Gasteiger partial charge in [-0.05, 0) is 48.9 Å². The van der Waals surface area contributed by atoms with Gasteiger partial charge < -0.3 is 14.8 Å². The van der Waals surface area contributed by atoms with Crippen molar-refractivity contribution in [2.24, 2.45) is 0 Å². The lowest BCUT2D eigenvalue weighted by molar-refractivity contribution is 0.202. The van der Waals surface area contributed by atoms with E-state index in [1.54, 1.807) is 7.11 Å². The Labute approximate surface area is 134 Å². The minimum atomic E-state index is 0.736. The van der Waals surface area contributed by atoms with Crippen molar-refractivity contribution in [3.8, 4) is 11.5 Å². The summed E-state index contributed by atoms with van der Waals surface area (Å²) >= 11 is 3.57. The SMILES string of the molecule is CNCc1ccc(Oc2ccc(CCOC)cc2)cc1Br. The van der Waals surface area contributed by atoms with Crippen LogP contribution in [0.2, 0.25) is 0 Å². The number of halogens is 1. The molecule has 0 aliphatic carbocycles. The molecule has 0 heterocycles. The maximum absolute atomic E-state index is 5.87. The number of rotatable bonds is 7. The van der Waals surface area contributed by atoms with Crippen LogP contribution in [0.1, 0.15) is 11.1 Å². The fourth-order valence-electron chi connectivity index (χ4n) is 2.01. The molecule has 0 saturated heterocycles. The molecule has 0 atom stereocenters. The highest BCUT2D eigenvalue weighted by Crippen LogP contribution is 2.27. The molecular weight excluding hydrogens is 330 g/mol. The van der Waals surface area contributed by atoms with Crippen LogP contribution in [0, 0.1) is 0 Å². The molecular formula is C17H20BrNO2. The van der Waals surface area contributed by atoms with E-state index < -0.39 is 0 Å². The summed E-state index contributed by atoms with van der Waals surface area (Å²) in [5, 5.41) is 3.14. The number of nitrogens with one attached hydrogen (secondary N) is 1. The summed E-state index contributed by atoms with van der Waals surface area (Å²) < 4.78 is 12.0. The van der Waals surface area contributed by atoms with Gasteiger partial charge in [0.2, 0.25) is 0 Å². The zero-order valence-electron chi connectivity index (χ0n) is 12.4. The maximum Gasteiger partial charge on any atom is 0.128 e. The third kappa shape index (κ3) is 4.84. The number of ether oxygens (including phenoxy) is 2. The molecule has 0 aliphatic heterocycles. The predicted octanol–water partition coefficient (Wildman–Crippen LogP) is 4.15. The summed E-state index contributed by atoms with van der Waals surface area (Å²) in [7, 11) is 3.65. The van der Waals surface area contributed by atoms with Crippen molar-refractivity contribution in [1.29, 1.82) is 0 Å². The molecule has 0 aromatic heterocycles. The predicted molar refractivity (Wildman–Crippen MR) is 89.0 cm³/mol. The summed E-state index contributed by atoms with van der Waals surface area (Å²) in [6.45, 7) is 1.56. The molecule has 1 N–H and O–H groups in total. The van der Waals surface area contributed by atoms with Crippen LogP contribution in [0.4, 0.5) is 0 Å². The van der Waals surface area contributed by atoms with Gasteiger partial charge in [-0.15, -0.1) is 0 Å². The zero-order chi connectivity index (χ0) is 15.1. The van der Waals surface area contributed by atoms with Crippen LogP contribution >= 0.6 is 15.9 Å². The first-order valence-corrected chi connectivity index (χ1v) is 7.71. The molecule has 2 aromatic carbocycles. The number of methoxy groups -OCH3 is 1. The van der Waals surface area contributed by atoms with Gasteiger partial charge in [0.05, 0.1) is 6.61 Å². The van der Waals surface area contributed by atoms with E-state index in [0.717, 1.165) is 35.5 Å². The first-order valence-electron chi connectivity index (χ1n) is 6.91. The molecule has 0 radical (unpaired) electrons. The summed E-state index contributed by atoms with van der Waals surface area (Å²) in [5.41, 5.74) is 2.45. The van der Waals surface area contributed by atoms with E-state index in [4.69, 9.17) is 9.47 Å². The minimum Gasteiger partial charge on any atom is -0.457 e. The van der Waals surface area contributed by atoms with Gasteiger partial charge in [0.1, 0.15) is 11.5 Å². The van der Waals surface area contributed by atoms with Crippen LogP contribution in [0.3, 0.4) is 0 Å². The molecule has 0 amide bonds. The largest absolute Gasteiger partial charge is 0.457 e. The van der Waals surface area contributed by atoms with Crippen molar-refractivity contribution in [2.45, 2.75) is 13.0 Å². The van der Waals surface area contributed by atoms with Gasteiger partial charge in [0.25, 0.3) is 0 Å². The Balaban J connectivity index is 2.02. The van der Waals surface area contributed by atoms with Gasteiger partial charge in [-0.25, -0.2) is 0 Å². The van der Waals surface area contributed by atoms with Crippen molar-refractivity contribution < 1.29 is 9.47 Å². The molecule has 0 fully saturated rings. The maximum atomic E-state index is 5.87. The smallest absolute Gasteiger partial charge is 0.128 e. The summed E-state index contributed by atoms with van der Waals surface area (Å²) in [6, 6.07) is 14.1. The van der Waals surface area contributed by atoms with Crippen LogP contribution < -0.4 is 10.1 Å². The van der Waals surface area contributed by atoms with Crippen LogP contribution in [0.15, 0.2) is 46.9 Å². The Morgan fingerprint density at radius 3 is 2.38 bits per heavy atom. The van der Waals surface area contributed by atoms with Crippen LogP contribution in [0.5, 0.6) is 11.5 Å². The average Bonchev–Trinajstić information content (AvgIpc) is 2.49. The standard InChI is InChI=1S/C17H20BrNO2/c1-19-12-14-5-8-16(11-17(14)18)21-15-6-3-13(4-7-15)9-10-20-2/h3-8,11,19H,9-10,12H2,1-2H3. The molecule has 3 nitrogen and oxygen atoms in total. The quantitative estimate of drug-likeness (QED) is 0.814. The second kappa shape index (κ2) is 8.17. The third-order valence-electron chi connectivity index (χ3n) is 3.15. The molecule has 112 valence electrons. The zero-order valence-corrected chi connectivity index (χ0v) is 13.9. The van der Waals surface area contributed by atoms with E-state index in [0.29, 0.717) is 0 Å². The molecule has 2 aromatic rings. The van der Waals surface area contributed by atoms with E-state index in [1.165, 1.54) is 11.1 Å². The van der Waals surface area contributed by atoms with E-state index in [-0.39, 0.29) is 0 Å². The van der Waals surface area contributed by atoms with Crippen LogP contribution in [-0.4, -0.2) is 20.8 Å². The Bertz CT molecular complexity index is 570. The van der Waals surface area contributed by atoms with E-state index in [9.17, 15) is 0 Å².